The van der Waals surface area contributed by atoms with Gasteiger partial charge in [0.2, 0.25) is 5.91 Å². The third-order valence-corrected chi connectivity index (χ3v) is 2.35. The van der Waals surface area contributed by atoms with Gasteiger partial charge < -0.3 is 5.32 Å². The summed E-state index contributed by atoms with van der Waals surface area (Å²) in [5, 5.41) is 2.99. The molecule has 0 aliphatic carbocycles. The molecule has 0 saturated heterocycles. The van der Waals surface area contributed by atoms with E-state index in [1.165, 1.54) is 0 Å². The summed E-state index contributed by atoms with van der Waals surface area (Å²) in [5.41, 5.74) is 0. The lowest BCUT2D eigenvalue weighted by molar-refractivity contribution is -0.120. The quantitative estimate of drug-likeness (QED) is 0.690. The van der Waals surface area contributed by atoms with Crippen molar-refractivity contribution in [2.75, 3.05) is 0 Å². The third kappa shape index (κ3) is 3.74. The normalized spacial score (nSPS) is 15.8. The molecule has 2 heteroatoms. The highest BCUT2D eigenvalue weighted by atomic mass is 16.1. The molecule has 0 aromatic heterocycles. The molecule has 0 heterocycles. The summed E-state index contributed by atoms with van der Waals surface area (Å²) in [5.74, 6) is 1.16. The highest BCUT2D eigenvalue weighted by molar-refractivity contribution is 5.73. The van der Waals surface area contributed by atoms with Crippen molar-refractivity contribution in [2.24, 2.45) is 11.8 Å². The Morgan fingerprint density at radius 1 is 1.33 bits per heavy atom. The van der Waals surface area contributed by atoms with Crippen LogP contribution in [0.5, 0.6) is 0 Å². The molecule has 0 saturated carbocycles. The van der Waals surface area contributed by atoms with Crippen LogP contribution in [-0.2, 0) is 4.79 Å². The van der Waals surface area contributed by atoms with Crippen LogP contribution >= 0.6 is 0 Å². The van der Waals surface area contributed by atoms with Gasteiger partial charge in [0, 0.05) is 13.0 Å². The molecular formula is C10H21NO. The highest BCUT2D eigenvalue weighted by Crippen LogP contribution is 2.15. The van der Waals surface area contributed by atoms with Gasteiger partial charge in [-0.1, -0.05) is 34.1 Å². The molecule has 0 aromatic rings. The van der Waals surface area contributed by atoms with Crippen LogP contribution in [0.15, 0.2) is 0 Å². The first-order valence-corrected chi connectivity index (χ1v) is 4.76. The van der Waals surface area contributed by atoms with Crippen LogP contribution in [0.4, 0.5) is 0 Å². The summed E-state index contributed by atoms with van der Waals surface area (Å²) in [6.45, 7) is 10.2. The van der Waals surface area contributed by atoms with E-state index in [-0.39, 0.29) is 5.91 Å². The van der Waals surface area contributed by atoms with Crippen molar-refractivity contribution >= 4 is 5.91 Å². The smallest absolute Gasteiger partial charge is 0.217 e. The fraction of sp³-hybridized carbons (Fsp3) is 0.900. The molecule has 1 amide bonds. The average Bonchev–Trinajstić information content (AvgIpc) is 1.98. The molecule has 2 nitrogen and oxygen atoms in total. The molecule has 12 heavy (non-hydrogen) atoms. The molecule has 0 aromatic carbocycles. The Morgan fingerprint density at radius 2 is 1.83 bits per heavy atom. The third-order valence-electron chi connectivity index (χ3n) is 2.35. The zero-order valence-electron chi connectivity index (χ0n) is 8.85. The number of amides is 1. The number of rotatable bonds is 4. The number of nitrogens with one attached hydrogen (secondary N) is 1. The van der Waals surface area contributed by atoms with Crippen LogP contribution in [0.25, 0.3) is 0 Å². The van der Waals surface area contributed by atoms with Gasteiger partial charge in [0.1, 0.15) is 0 Å². The molecule has 1 N–H and O–H groups in total. The summed E-state index contributed by atoms with van der Waals surface area (Å²) in [6.07, 6.45) is 1.11. The van der Waals surface area contributed by atoms with E-state index in [1.807, 2.05) is 0 Å². The topological polar surface area (TPSA) is 29.1 Å². The largest absolute Gasteiger partial charge is 0.353 e. The van der Waals surface area contributed by atoms with Crippen LogP contribution in [0, 0.1) is 11.8 Å². The van der Waals surface area contributed by atoms with Crippen LogP contribution in [-0.4, -0.2) is 11.9 Å². The molecule has 0 radical (unpaired) electrons. The van der Waals surface area contributed by atoms with Crippen LogP contribution in [0.1, 0.15) is 41.0 Å². The standard InChI is InChI=1S/C10H21NO/c1-6-8(4)10(7(2)3)11-9(5)12/h7-8,10H,6H2,1-5H3,(H,11,12)/t8?,10-/m0/s1. The van der Waals surface area contributed by atoms with Gasteiger partial charge in [-0.05, 0) is 11.8 Å². The lowest BCUT2D eigenvalue weighted by atomic mass is 9.90. The number of carbonyl (C=O) groups is 1. The Bertz CT molecular complexity index is 143. The predicted molar refractivity (Wildman–Crippen MR) is 51.9 cm³/mol. The average molecular weight is 171 g/mol. The first-order valence-electron chi connectivity index (χ1n) is 4.76. The van der Waals surface area contributed by atoms with E-state index in [9.17, 15) is 4.79 Å². The maximum Gasteiger partial charge on any atom is 0.217 e. The Labute approximate surface area is 75.7 Å². The first-order chi connectivity index (χ1) is 5.49. The van der Waals surface area contributed by atoms with Gasteiger partial charge >= 0.3 is 0 Å². The second-order valence-electron chi connectivity index (χ2n) is 3.86. The Balaban J connectivity index is 4.12. The molecule has 0 spiro atoms. The lowest BCUT2D eigenvalue weighted by Gasteiger charge is -2.27. The second-order valence-corrected chi connectivity index (χ2v) is 3.86. The van der Waals surface area contributed by atoms with Gasteiger partial charge in [0.25, 0.3) is 0 Å². The summed E-state index contributed by atoms with van der Waals surface area (Å²) >= 11 is 0. The van der Waals surface area contributed by atoms with Gasteiger partial charge in [0.05, 0.1) is 0 Å². The van der Waals surface area contributed by atoms with Crippen molar-refractivity contribution < 1.29 is 4.79 Å². The lowest BCUT2D eigenvalue weighted by Crippen LogP contribution is -2.41. The van der Waals surface area contributed by atoms with Crippen molar-refractivity contribution in [3.8, 4) is 0 Å². The summed E-state index contributed by atoms with van der Waals surface area (Å²) in [4.78, 5) is 10.9. The van der Waals surface area contributed by atoms with Gasteiger partial charge in [-0.25, -0.2) is 0 Å². The molecule has 0 aliphatic rings. The van der Waals surface area contributed by atoms with Crippen molar-refractivity contribution in [1.82, 2.24) is 5.32 Å². The minimum Gasteiger partial charge on any atom is -0.353 e. The molecule has 0 bridgehead atoms. The molecular weight excluding hydrogens is 150 g/mol. The van der Waals surface area contributed by atoms with E-state index in [0.717, 1.165) is 6.42 Å². The van der Waals surface area contributed by atoms with E-state index in [4.69, 9.17) is 0 Å². The molecule has 1 unspecified atom stereocenters. The fourth-order valence-corrected chi connectivity index (χ4v) is 1.45. The van der Waals surface area contributed by atoms with Crippen molar-refractivity contribution in [1.29, 1.82) is 0 Å². The Hall–Kier alpha value is -0.530. The SMILES string of the molecule is CCC(C)[C@@H](NC(C)=O)C(C)C. The molecule has 0 rings (SSSR count). The Kier molecular flexibility index (Phi) is 4.95. The minimum atomic E-state index is 0.0778. The number of hydrogen-bond donors (Lipinski definition) is 1. The van der Waals surface area contributed by atoms with E-state index in [2.05, 4.69) is 33.0 Å². The molecule has 0 fully saturated rings. The van der Waals surface area contributed by atoms with E-state index in [1.54, 1.807) is 6.92 Å². The monoisotopic (exact) mass is 171 g/mol. The summed E-state index contributed by atoms with van der Waals surface area (Å²) in [6, 6.07) is 0.326. The predicted octanol–water partition coefficient (Wildman–Crippen LogP) is 2.19. The summed E-state index contributed by atoms with van der Waals surface area (Å²) < 4.78 is 0. The maximum absolute atomic E-state index is 10.9. The van der Waals surface area contributed by atoms with E-state index >= 15 is 0 Å². The fourth-order valence-electron chi connectivity index (χ4n) is 1.45. The molecule has 72 valence electrons. The zero-order chi connectivity index (χ0) is 9.72. The van der Waals surface area contributed by atoms with Crippen LogP contribution < -0.4 is 5.32 Å². The number of carbonyl (C=O) groups excluding carboxylic acids is 1. The van der Waals surface area contributed by atoms with Crippen molar-refractivity contribution in [2.45, 2.75) is 47.1 Å². The van der Waals surface area contributed by atoms with Gasteiger partial charge in [-0.2, -0.15) is 0 Å². The molecule has 2 atom stereocenters. The van der Waals surface area contributed by atoms with E-state index < -0.39 is 0 Å². The second kappa shape index (κ2) is 5.18. The maximum atomic E-state index is 10.9. The van der Waals surface area contributed by atoms with Gasteiger partial charge in [-0.3, -0.25) is 4.79 Å². The van der Waals surface area contributed by atoms with Gasteiger partial charge in [0.15, 0.2) is 0 Å². The highest BCUT2D eigenvalue weighted by Gasteiger charge is 2.19. The van der Waals surface area contributed by atoms with Crippen LogP contribution in [0.2, 0.25) is 0 Å². The Morgan fingerprint density at radius 3 is 2.08 bits per heavy atom. The zero-order valence-corrected chi connectivity index (χ0v) is 8.85. The van der Waals surface area contributed by atoms with Gasteiger partial charge in [-0.15, -0.1) is 0 Å². The van der Waals surface area contributed by atoms with Crippen molar-refractivity contribution in [3.63, 3.8) is 0 Å². The minimum absolute atomic E-state index is 0.0778. The van der Waals surface area contributed by atoms with Crippen molar-refractivity contribution in [3.05, 3.63) is 0 Å². The number of hydrogen-bond acceptors (Lipinski definition) is 1. The molecule has 0 aliphatic heterocycles. The van der Waals surface area contributed by atoms with Crippen LogP contribution in [0.3, 0.4) is 0 Å². The van der Waals surface area contributed by atoms with E-state index in [0.29, 0.717) is 17.9 Å². The first kappa shape index (κ1) is 11.5. The summed E-state index contributed by atoms with van der Waals surface area (Å²) in [7, 11) is 0.